The van der Waals surface area contributed by atoms with Crippen LogP contribution in [-0.2, 0) is 21.7 Å². The number of hydrogen-bond acceptors (Lipinski definition) is 3. The van der Waals surface area contributed by atoms with Crippen LogP contribution < -0.4 is 0 Å². The van der Waals surface area contributed by atoms with Crippen molar-refractivity contribution in [2.45, 2.75) is 0 Å². The minimum Gasteiger partial charge on any atom is -0.478 e. The summed E-state index contributed by atoms with van der Waals surface area (Å²) >= 11 is 0. The van der Waals surface area contributed by atoms with Gasteiger partial charge in [0.25, 0.3) is 0 Å². The van der Waals surface area contributed by atoms with Crippen LogP contribution in [0.25, 0.3) is 0 Å². The minimum absolute atomic E-state index is 0. The third kappa shape index (κ3) is 13.9. The molecule has 3 N–H and O–H groups in total. The molecule has 0 heterocycles. The normalized spacial score (nSPS) is 8.48. The number of carbonyl (C=O) groups is 3. The molecular formula is C26H23O6Ti-. The first-order valence-electron chi connectivity index (χ1n) is 9.43. The fourth-order valence-corrected chi connectivity index (χ4v) is 2.06. The van der Waals surface area contributed by atoms with Gasteiger partial charge in [0.05, 0.1) is 16.7 Å². The van der Waals surface area contributed by atoms with Gasteiger partial charge in [-0.1, -0.05) is 54.6 Å². The molecule has 6 nitrogen and oxygen atoms in total. The van der Waals surface area contributed by atoms with Crippen molar-refractivity contribution in [1.29, 1.82) is 0 Å². The van der Waals surface area contributed by atoms with E-state index in [1.807, 2.05) is 30.3 Å². The van der Waals surface area contributed by atoms with E-state index in [2.05, 4.69) is 0 Å². The van der Waals surface area contributed by atoms with Gasteiger partial charge >= 0.3 is 17.9 Å². The van der Waals surface area contributed by atoms with E-state index in [0.717, 1.165) is 0 Å². The summed E-state index contributed by atoms with van der Waals surface area (Å²) in [5.74, 6) is -2.64. The Bertz CT molecular complexity index is 899. The second-order valence-corrected chi connectivity index (χ2v) is 5.98. The van der Waals surface area contributed by atoms with Crippen LogP contribution in [0.4, 0.5) is 0 Å². The van der Waals surface area contributed by atoms with E-state index in [9.17, 15) is 14.4 Å². The summed E-state index contributed by atoms with van der Waals surface area (Å²) < 4.78 is 0. The second-order valence-electron chi connectivity index (χ2n) is 5.98. The predicted octanol–water partition coefficient (Wildman–Crippen LogP) is 5.56. The third-order valence-corrected chi connectivity index (χ3v) is 3.62. The molecule has 4 aromatic rings. The summed E-state index contributed by atoms with van der Waals surface area (Å²) in [5.41, 5.74) is 0.993. The van der Waals surface area contributed by atoms with Crippen LogP contribution in [0.2, 0.25) is 0 Å². The zero-order valence-electron chi connectivity index (χ0n) is 17.6. The van der Waals surface area contributed by atoms with Crippen LogP contribution in [0.1, 0.15) is 31.1 Å². The average molecular weight is 479 g/mol. The largest absolute Gasteiger partial charge is 0.478 e. The van der Waals surface area contributed by atoms with Gasteiger partial charge in [-0.3, -0.25) is 0 Å². The first-order chi connectivity index (χ1) is 15.4. The molecule has 7 heteroatoms. The monoisotopic (exact) mass is 479 g/mol. The van der Waals surface area contributed by atoms with E-state index in [1.165, 1.54) is 0 Å². The Kier molecular flexibility index (Phi) is 15.7. The number of carboxylic acids is 3. The summed E-state index contributed by atoms with van der Waals surface area (Å²) in [4.78, 5) is 30.6. The number of hydrogen-bond donors (Lipinski definition) is 3. The molecule has 0 aromatic heterocycles. The van der Waals surface area contributed by atoms with Gasteiger partial charge in [-0.25, -0.2) is 26.5 Å². The Morgan fingerprint density at radius 1 is 0.455 bits per heavy atom. The van der Waals surface area contributed by atoms with Gasteiger partial charge < -0.3 is 15.3 Å². The molecule has 0 aliphatic carbocycles. The van der Waals surface area contributed by atoms with Gasteiger partial charge in [0, 0.05) is 21.7 Å². The molecule has 0 saturated heterocycles. The summed E-state index contributed by atoms with van der Waals surface area (Å²) in [5, 5.41) is 25.2. The Hall–Kier alpha value is -3.87. The van der Waals surface area contributed by atoms with Crippen LogP contribution in [0.3, 0.4) is 0 Å². The average Bonchev–Trinajstić information content (AvgIpc) is 3.42. The maximum atomic E-state index is 10.2. The van der Waals surface area contributed by atoms with Gasteiger partial charge in [-0.15, -0.1) is 0 Å². The summed E-state index contributed by atoms with van der Waals surface area (Å²) in [6, 6.07) is 34.9. The Labute approximate surface area is 207 Å². The van der Waals surface area contributed by atoms with E-state index >= 15 is 0 Å². The molecule has 33 heavy (non-hydrogen) atoms. The Morgan fingerprint density at radius 3 is 0.818 bits per heavy atom. The van der Waals surface area contributed by atoms with Gasteiger partial charge in [0.1, 0.15) is 0 Å². The van der Waals surface area contributed by atoms with E-state index < -0.39 is 17.9 Å². The Balaban J connectivity index is 0.000000417. The van der Waals surface area contributed by atoms with Crippen molar-refractivity contribution in [1.82, 2.24) is 0 Å². The first kappa shape index (κ1) is 29.1. The number of carboxylic acid groups (broad SMARTS) is 3. The van der Waals surface area contributed by atoms with E-state index in [-0.39, 0.29) is 21.7 Å². The standard InChI is InChI=1S/3C7H6O2.C5H5.Ti/c3*8-7(9)6-4-2-1-3-5-6;1-2-4-5-3-1;/h3*1-5H,(H,8,9);1-5H;/q;;;-1;. The summed E-state index contributed by atoms with van der Waals surface area (Å²) in [6.07, 6.45) is 0. The van der Waals surface area contributed by atoms with E-state index in [0.29, 0.717) is 16.7 Å². The smallest absolute Gasteiger partial charge is 0.335 e. The number of benzene rings is 3. The zero-order valence-corrected chi connectivity index (χ0v) is 19.2. The zero-order chi connectivity index (χ0) is 23.6. The molecule has 0 saturated carbocycles. The first-order valence-corrected chi connectivity index (χ1v) is 9.43. The van der Waals surface area contributed by atoms with E-state index in [1.54, 1.807) is 91.0 Å². The van der Waals surface area contributed by atoms with Crippen molar-refractivity contribution in [2.24, 2.45) is 0 Å². The number of rotatable bonds is 3. The minimum atomic E-state index is -0.879. The molecule has 0 amide bonds. The van der Waals surface area contributed by atoms with Crippen LogP contribution >= 0.6 is 0 Å². The van der Waals surface area contributed by atoms with Gasteiger partial charge in [-0.2, -0.15) is 18.2 Å². The van der Waals surface area contributed by atoms with Crippen LogP contribution in [-0.4, -0.2) is 33.2 Å². The van der Waals surface area contributed by atoms with Crippen LogP contribution in [0.5, 0.6) is 0 Å². The predicted molar refractivity (Wildman–Crippen MR) is 122 cm³/mol. The van der Waals surface area contributed by atoms with Crippen molar-refractivity contribution in [3.8, 4) is 0 Å². The molecule has 0 atom stereocenters. The molecule has 4 rings (SSSR count). The topological polar surface area (TPSA) is 112 Å². The van der Waals surface area contributed by atoms with Crippen molar-refractivity contribution in [3.63, 3.8) is 0 Å². The van der Waals surface area contributed by atoms with Crippen molar-refractivity contribution >= 4 is 17.9 Å². The molecule has 4 aromatic carbocycles. The molecule has 0 radical (unpaired) electrons. The van der Waals surface area contributed by atoms with Crippen molar-refractivity contribution in [3.05, 3.63) is 138 Å². The molecule has 0 spiro atoms. The summed E-state index contributed by atoms with van der Waals surface area (Å²) in [6.45, 7) is 0. The third-order valence-electron chi connectivity index (χ3n) is 3.62. The van der Waals surface area contributed by atoms with Crippen molar-refractivity contribution < 1.29 is 51.4 Å². The molecule has 0 fully saturated rings. The van der Waals surface area contributed by atoms with Crippen LogP contribution in [0.15, 0.2) is 121 Å². The van der Waals surface area contributed by atoms with Gasteiger partial charge in [0.2, 0.25) is 0 Å². The van der Waals surface area contributed by atoms with Crippen LogP contribution in [0, 0.1) is 0 Å². The fraction of sp³-hybridized carbons (Fsp3) is 0. The fourth-order valence-electron chi connectivity index (χ4n) is 2.06. The maximum absolute atomic E-state index is 10.2. The quantitative estimate of drug-likeness (QED) is 0.262. The van der Waals surface area contributed by atoms with Crippen molar-refractivity contribution in [2.75, 3.05) is 0 Å². The number of aromatic carboxylic acids is 3. The maximum Gasteiger partial charge on any atom is 0.335 e. The Morgan fingerprint density at radius 2 is 0.697 bits per heavy atom. The molecule has 0 unspecified atom stereocenters. The molecule has 0 aliphatic rings. The SMILES string of the molecule is O=C(O)c1ccccc1.O=C(O)c1ccccc1.O=C(O)c1ccccc1.[Ti].c1cc[cH-]c1. The summed E-state index contributed by atoms with van der Waals surface area (Å²) in [7, 11) is 0. The second kappa shape index (κ2) is 17.8. The van der Waals surface area contributed by atoms with Gasteiger partial charge in [-0.05, 0) is 36.4 Å². The molecule has 0 aliphatic heterocycles. The van der Waals surface area contributed by atoms with E-state index in [4.69, 9.17) is 15.3 Å². The molecule has 0 bridgehead atoms. The van der Waals surface area contributed by atoms with Gasteiger partial charge in [0.15, 0.2) is 0 Å². The molecular weight excluding hydrogens is 456 g/mol. The molecule has 168 valence electrons.